The number of amides is 1. The number of sulfone groups is 1. The molecule has 13 heteroatoms. The maximum atomic E-state index is 13.6. The Morgan fingerprint density at radius 3 is 2.38 bits per heavy atom. The van der Waals surface area contributed by atoms with E-state index in [0.717, 1.165) is 4.31 Å². The van der Waals surface area contributed by atoms with Gasteiger partial charge in [0.05, 0.1) is 47.1 Å². The summed E-state index contributed by atoms with van der Waals surface area (Å²) >= 11 is 6.07. The number of aromatic nitrogens is 2. The van der Waals surface area contributed by atoms with E-state index in [4.69, 9.17) is 16.3 Å². The molecule has 1 fully saturated rings. The fourth-order valence-corrected chi connectivity index (χ4v) is 8.00. The van der Waals surface area contributed by atoms with Crippen LogP contribution in [0.15, 0.2) is 29.2 Å². The summed E-state index contributed by atoms with van der Waals surface area (Å²) in [5, 5.41) is 5.96. The van der Waals surface area contributed by atoms with Crippen molar-refractivity contribution in [2.24, 2.45) is 7.05 Å². The number of methoxy groups -OCH3 is 1. The highest BCUT2D eigenvalue weighted by Crippen LogP contribution is 2.29. The predicted octanol–water partition coefficient (Wildman–Crippen LogP) is 0.761. The molecule has 1 saturated heterocycles. The Morgan fingerprint density at radius 2 is 1.91 bits per heavy atom. The summed E-state index contributed by atoms with van der Waals surface area (Å²) in [6.07, 6.45) is 0. The van der Waals surface area contributed by atoms with Crippen LogP contribution in [0, 0.1) is 13.8 Å². The van der Waals surface area contributed by atoms with Gasteiger partial charge in [-0.2, -0.15) is 5.10 Å². The van der Waals surface area contributed by atoms with Crippen molar-refractivity contribution in [2.45, 2.75) is 30.2 Å². The Labute approximate surface area is 192 Å². The number of benzene rings is 1. The first-order valence-electron chi connectivity index (χ1n) is 9.66. The minimum absolute atomic E-state index is 0.00211. The fraction of sp³-hybridized carbons (Fsp3) is 0.474. The number of aryl methyl sites for hydroxylation is 2. The summed E-state index contributed by atoms with van der Waals surface area (Å²) in [6, 6.07) is 5.41. The van der Waals surface area contributed by atoms with Crippen molar-refractivity contribution in [3.05, 3.63) is 35.7 Å². The number of nitrogens with zero attached hydrogens (tertiary/aromatic N) is 3. The molecule has 0 radical (unpaired) electrons. The van der Waals surface area contributed by atoms with Crippen LogP contribution in [-0.4, -0.2) is 69.1 Å². The van der Waals surface area contributed by atoms with E-state index >= 15 is 0 Å². The van der Waals surface area contributed by atoms with Gasteiger partial charge in [0.15, 0.2) is 9.84 Å². The smallest absolute Gasteiger partial charge is 0.268 e. The van der Waals surface area contributed by atoms with Crippen molar-refractivity contribution in [2.75, 3.05) is 29.5 Å². The highest BCUT2D eigenvalue weighted by atomic mass is 35.5. The second-order valence-electron chi connectivity index (χ2n) is 7.60. The molecule has 1 aliphatic rings. The summed E-state index contributed by atoms with van der Waals surface area (Å²) in [6.45, 7) is 2.64. The second kappa shape index (κ2) is 8.91. The number of ether oxygens (including phenoxy) is 1. The van der Waals surface area contributed by atoms with Crippen LogP contribution in [-0.2, 0) is 31.7 Å². The zero-order chi connectivity index (χ0) is 23.8. The van der Waals surface area contributed by atoms with Gasteiger partial charge in [0, 0.05) is 7.05 Å². The Kier molecular flexibility index (Phi) is 6.78. The van der Waals surface area contributed by atoms with E-state index in [1.807, 2.05) is 0 Å². The van der Waals surface area contributed by atoms with Crippen molar-refractivity contribution >= 4 is 43.1 Å². The molecule has 1 N–H and O–H groups in total. The van der Waals surface area contributed by atoms with Gasteiger partial charge in [-0.15, -0.1) is 11.6 Å². The summed E-state index contributed by atoms with van der Waals surface area (Å²) in [4.78, 5) is 12.8. The zero-order valence-corrected chi connectivity index (χ0v) is 20.5. The zero-order valence-electron chi connectivity index (χ0n) is 18.1. The first-order chi connectivity index (χ1) is 14.9. The fourth-order valence-electron chi connectivity index (χ4n) is 3.62. The lowest BCUT2D eigenvalue weighted by Crippen LogP contribution is -2.47. The molecule has 0 spiro atoms. The lowest BCUT2D eigenvalue weighted by atomic mass is 10.2. The van der Waals surface area contributed by atoms with Gasteiger partial charge in [0.25, 0.3) is 10.0 Å². The first kappa shape index (κ1) is 24.3. The van der Waals surface area contributed by atoms with Crippen LogP contribution in [0.4, 0.5) is 5.69 Å². The molecule has 2 aromatic rings. The van der Waals surface area contributed by atoms with Crippen molar-refractivity contribution in [1.82, 2.24) is 15.1 Å². The van der Waals surface area contributed by atoms with Gasteiger partial charge in [-0.3, -0.25) is 13.8 Å². The number of alkyl halides is 1. The van der Waals surface area contributed by atoms with Crippen LogP contribution in [0.25, 0.3) is 0 Å². The molecule has 0 aliphatic carbocycles. The number of carbonyl (C=O) groups is 1. The standard InChI is InChI=1S/C19H25ClN4O6S2/c1-12-19(13(2)23(3)22-12)32(28,29)24(14-5-7-15(30-4)8-6-14)9-18(25)21-17-11-31(26,27)10-16(17)20/h5-8,16-17H,9-11H2,1-4H3,(H,21,25)/t16-,17-/m0/s1. The lowest BCUT2D eigenvalue weighted by molar-refractivity contribution is -0.120. The Balaban J connectivity index is 1.96. The van der Waals surface area contributed by atoms with E-state index < -0.39 is 43.7 Å². The molecule has 0 bridgehead atoms. The van der Waals surface area contributed by atoms with E-state index in [2.05, 4.69) is 10.4 Å². The third-order valence-corrected chi connectivity index (χ3v) is 9.67. The van der Waals surface area contributed by atoms with E-state index in [1.165, 1.54) is 23.9 Å². The molecule has 2 heterocycles. The van der Waals surface area contributed by atoms with Gasteiger partial charge in [0.2, 0.25) is 5.91 Å². The minimum Gasteiger partial charge on any atom is -0.497 e. The summed E-state index contributed by atoms with van der Waals surface area (Å²) in [5.41, 5.74) is 0.959. The van der Waals surface area contributed by atoms with Gasteiger partial charge in [-0.1, -0.05) is 0 Å². The van der Waals surface area contributed by atoms with Gasteiger partial charge in [0.1, 0.15) is 17.2 Å². The van der Waals surface area contributed by atoms with Gasteiger partial charge < -0.3 is 10.1 Å². The minimum atomic E-state index is -4.18. The van der Waals surface area contributed by atoms with Crippen LogP contribution in [0.3, 0.4) is 0 Å². The van der Waals surface area contributed by atoms with E-state index in [-0.39, 0.29) is 22.1 Å². The van der Waals surface area contributed by atoms with Crippen LogP contribution in [0.1, 0.15) is 11.4 Å². The second-order valence-corrected chi connectivity index (χ2v) is 12.1. The number of sulfonamides is 1. The molecule has 2 atom stereocenters. The van der Waals surface area contributed by atoms with Gasteiger partial charge in [-0.25, -0.2) is 16.8 Å². The highest BCUT2D eigenvalue weighted by Gasteiger charge is 2.38. The molecule has 1 aromatic heterocycles. The van der Waals surface area contributed by atoms with Crippen LogP contribution in [0.5, 0.6) is 5.75 Å². The molecule has 1 amide bonds. The molecular weight excluding hydrogens is 480 g/mol. The first-order valence-corrected chi connectivity index (χ1v) is 13.4. The topological polar surface area (TPSA) is 128 Å². The predicted molar refractivity (Wildman–Crippen MR) is 120 cm³/mol. The largest absolute Gasteiger partial charge is 0.497 e. The third kappa shape index (κ3) is 4.86. The average Bonchev–Trinajstić information content (AvgIpc) is 3.12. The van der Waals surface area contributed by atoms with Crippen molar-refractivity contribution in [3.63, 3.8) is 0 Å². The van der Waals surface area contributed by atoms with Crippen LogP contribution < -0.4 is 14.4 Å². The average molecular weight is 505 g/mol. The van der Waals surface area contributed by atoms with E-state index in [9.17, 15) is 21.6 Å². The Hall–Kier alpha value is -2.31. The SMILES string of the molecule is COc1ccc(N(CC(=O)N[C@H]2CS(=O)(=O)C[C@@H]2Cl)S(=O)(=O)c2c(C)nn(C)c2C)cc1. The number of halogens is 1. The molecule has 32 heavy (non-hydrogen) atoms. The summed E-state index contributed by atoms with van der Waals surface area (Å²) in [7, 11) is -4.43. The van der Waals surface area contributed by atoms with Gasteiger partial charge in [-0.05, 0) is 38.1 Å². The monoisotopic (exact) mass is 504 g/mol. The summed E-state index contributed by atoms with van der Waals surface area (Å²) in [5.74, 6) is -0.682. The van der Waals surface area contributed by atoms with Crippen LogP contribution in [0.2, 0.25) is 0 Å². The number of carbonyl (C=O) groups excluding carboxylic acids is 1. The van der Waals surface area contributed by atoms with Gasteiger partial charge >= 0.3 is 0 Å². The lowest BCUT2D eigenvalue weighted by Gasteiger charge is -2.25. The van der Waals surface area contributed by atoms with Crippen LogP contribution >= 0.6 is 11.6 Å². The maximum absolute atomic E-state index is 13.6. The van der Waals surface area contributed by atoms with Crippen molar-refractivity contribution in [3.8, 4) is 5.75 Å². The number of hydrogen-bond acceptors (Lipinski definition) is 7. The normalized spacial score (nSPS) is 20.2. The molecule has 0 unspecified atom stereocenters. The third-order valence-electron chi connectivity index (χ3n) is 5.27. The van der Waals surface area contributed by atoms with Crippen molar-refractivity contribution in [1.29, 1.82) is 0 Å². The molecule has 0 saturated carbocycles. The molecular formula is C19H25ClN4O6S2. The molecule has 10 nitrogen and oxygen atoms in total. The summed E-state index contributed by atoms with van der Waals surface area (Å²) < 4.78 is 58.4. The van der Waals surface area contributed by atoms with E-state index in [1.54, 1.807) is 33.0 Å². The number of rotatable bonds is 7. The van der Waals surface area contributed by atoms with E-state index in [0.29, 0.717) is 17.1 Å². The molecule has 3 rings (SSSR count). The molecule has 176 valence electrons. The Bertz CT molecular complexity index is 1230. The quantitative estimate of drug-likeness (QED) is 0.551. The van der Waals surface area contributed by atoms with Crippen molar-refractivity contribution < 1.29 is 26.4 Å². The molecule has 1 aromatic carbocycles. The number of hydrogen-bond donors (Lipinski definition) is 1. The number of nitrogens with one attached hydrogen (secondary N) is 1. The molecule has 1 aliphatic heterocycles. The Morgan fingerprint density at radius 1 is 1.28 bits per heavy atom. The number of anilines is 1. The highest BCUT2D eigenvalue weighted by molar-refractivity contribution is 7.93. The maximum Gasteiger partial charge on any atom is 0.268 e.